The minimum Gasteiger partial charge on any atom is -0.382 e. The van der Waals surface area contributed by atoms with Crippen molar-refractivity contribution in [2.75, 3.05) is 5.73 Å². The molecule has 0 aliphatic rings. The summed E-state index contributed by atoms with van der Waals surface area (Å²) < 4.78 is 11.9. The molecule has 0 saturated carbocycles. The molecule has 0 radical (unpaired) electrons. The van der Waals surface area contributed by atoms with Gasteiger partial charge in [0.25, 0.3) is 0 Å². The molecule has 1 heterocycles. The maximum atomic E-state index is 11.9. The van der Waals surface area contributed by atoms with Gasteiger partial charge in [0.1, 0.15) is 16.6 Å². The van der Waals surface area contributed by atoms with Gasteiger partial charge in [0.05, 0.1) is 0 Å². The Hall–Kier alpha value is -1.75. The lowest BCUT2D eigenvalue weighted by Gasteiger charge is -1.99. The molecule has 2 N–H and O–H groups in total. The summed E-state index contributed by atoms with van der Waals surface area (Å²) in [7, 11) is -1.28. The average Bonchev–Trinajstić information content (AvgIpc) is 2.30. The molecule has 4 nitrogen and oxygen atoms in total. The molecule has 0 aliphatic heterocycles. The van der Waals surface area contributed by atoms with Crippen molar-refractivity contribution in [3.63, 3.8) is 0 Å². The van der Waals surface area contributed by atoms with Crippen molar-refractivity contribution in [3.8, 4) is 0 Å². The third-order valence-corrected chi connectivity index (χ3v) is 3.11. The van der Waals surface area contributed by atoms with E-state index in [1.165, 1.54) is 0 Å². The van der Waals surface area contributed by atoms with Gasteiger partial charge in [0.2, 0.25) is 0 Å². The van der Waals surface area contributed by atoms with Crippen LogP contribution in [0.1, 0.15) is 0 Å². The zero-order chi connectivity index (χ0) is 10.7. The molecule has 0 amide bonds. The Morgan fingerprint density at radius 3 is 2.33 bits per heavy atom. The minimum absolute atomic E-state index is 0.323. The number of nitrogens with two attached hydrogens (primary N) is 1. The number of nitrogen functional groups attached to an aromatic ring is 1. The van der Waals surface area contributed by atoms with Gasteiger partial charge in [-0.2, -0.15) is 0 Å². The normalized spacial score (nSPS) is 12.3. The molecule has 5 heteroatoms. The van der Waals surface area contributed by atoms with Gasteiger partial charge >= 0.3 is 0 Å². The van der Waals surface area contributed by atoms with Crippen molar-refractivity contribution >= 4 is 16.6 Å². The van der Waals surface area contributed by atoms with Crippen LogP contribution in [0.4, 0.5) is 5.82 Å². The molecule has 1 aromatic heterocycles. The van der Waals surface area contributed by atoms with Crippen LogP contribution < -0.4 is 5.73 Å². The molecular formula is C10H9N3OS. The van der Waals surface area contributed by atoms with E-state index in [-0.39, 0.29) is 0 Å². The van der Waals surface area contributed by atoms with Gasteiger partial charge in [-0.15, -0.1) is 10.2 Å². The first kappa shape index (κ1) is 9.79. The van der Waals surface area contributed by atoms with Crippen molar-refractivity contribution in [2.24, 2.45) is 0 Å². The molecule has 76 valence electrons. The zero-order valence-corrected chi connectivity index (χ0v) is 8.65. The van der Waals surface area contributed by atoms with E-state index in [0.29, 0.717) is 15.7 Å². The molecule has 0 bridgehead atoms. The van der Waals surface area contributed by atoms with Gasteiger partial charge in [-0.05, 0) is 24.3 Å². The van der Waals surface area contributed by atoms with E-state index >= 15 is 0 Å². The predicted molar refractivity (Wildman–Crippen MR) is 57.6 cm³/mol. The Balaban J connectivity index is 2.33. The molecule has 0 aliphatic carbocycles. The SMILES string of the molecule is Nc1ccc(S(=O)c2ccccc2)nn1. The van der Waals surface area contributed by atoms with Crippen LogP contribution in [0.25, 0.3) is 0 Å². The maximum Gasteiger partial charge on any atom is 0.155 e. The van der Waals surface area contributed by atoms with Gasteiger partial charge in [-0.1, -0.05) is 18.2 Å². The van der Waals surface area contributed by atoms with E-state index in [4.69, 9.17) is 5.73 Å². The Morgan fingerprint density at radius 2 is 1.73 bits per heavy atom. The zero-order valence-electron chi connectivity index (χ0n) is 7.83. The van der Waals surface area contributed by atoms with E-state index in [2.05, 4.69) is 10.2 Å². The lowest BCUT2D eigenvalue weighted by molar-refractivity contribution is 0.678. The van der Waals surface area contributed by atoms with Crippen LogP contribution in [0.2, 0.25) is 0 Å². The summed E-state index contributed by atoms with van der Waals surface area (Å²) in [5, 5.41) is 7.85. The summed E-state index contributed by atoms with van der Waals surface area (Å²) in [5.74, 6) is 0.323. The molecule has 1 aromatic carbocycles. The quantitative estimate of drug-likeness (QED) is 0.824. The summed E-state index contributed by atoms with van der Waals surface area (Å²) in [6, 6.07) is 12.3. The fourth-order valence-corrected chi connectivity index (χ4v) is 2.05. The number of aromatic nitrogens is 2. The molecule has 0 spiro atoms. The monoisotopic (exact) mass is 219 g/mol. The first-order valence-electron chi connectivity index (χ1n) is 4.33. The highest BCUT2D eigenvalue weighted by molar-refractivity contribution is 7.85. The lowest BCUT2D eigenvalue weighted by Crippen LogP contribution is -1.99. The average molecular weight is 219 g/mol. The van der Waals surface area contributed by atoms with Crippen LogP contribution in [-0.4, -0.2) is 14.4 Å². The van der Waals surface area contributed by atoms with Gasteiger partial charge in [0, 0.05) is 4.90 Å². The number of nitrogens with zero attached hydrogens (tertiary/aromatic N) is 2. The molecule has 2 rings (SSSR count). The lowest BCUT2D eigenvalue weighted by atomic mass is 10.4. The van der Waals surface area contributed by atoms with E-state index in [9.17, 15) is 4.21 Å². The summed E-state index contributed by atoms with van der Waals surface area (Å²) in [6.45, 7) is 0. The topological polar surface area (TPSA) is 68.9 Å². The number of hydrogen-bond donors (Lipinski definition) is 1. The Kier molecular flexibility index (Phi) is 2.73. The summed E-state index contributed by atoms with van der Waals surface area (Å²) in [6.07, 6.45) is 0. The molecule has 1 atom stereocenters. The fourth-order valence-electron chi connectivity index (χ4n) is 1.09. The van der Waals surface area contributed by atoms with Crippen LogP contribution in [0.5, 0.6) is 0 Å². The smallest absolute Gasteiger partial charge is 0.155 e. The maximum absolute atomic E-state index is 11.9. The van der Waals surface area contributed by atoms with Crippen LogP contribution in [0.15, 0.2) is 52.4 Å². The second kappa shape index (κ2) is 4.18. The molecular weight excluding hydrogens is 210 g/mol. The van der Waals surface area contributed by atoms with Gasteiger partial charge in [0.15, 0.2) is 5.03 Å². The largest absolute Gasteiger partial charge is 0.382 e. The molecule has 15 heavy (non-hydrogen) atoms. The highest BCUT2D eigenvalue weighted by Crippen LogP contribution is 2.13. The fraction of sp³-hybridized carbons (Fsp3) is 0. The van der Waals surface area contributed by atoms with Crippen LogP contribution in [0.3, 0.4) is 0 Å². The highest BCUT2D eigenvalue weighted by Gasteiger charge is 2.07. The Morgan fingerprint density at radius 1 is 1.00 bits per heavy atom. The van der Waals surface area contributed by atoms with Gasteiger partial charge < -0.3 is 5.73 Å². The third-order valence-electron chi connectivity index (χ3n) is 1.81. The van der Waals surface area contributed by atoms with Crippen molar-refractivity contribution < 1.29 is 4.21 Å². The minimum atomic E-state index is -1.28. The highest BCUT2D eigenvalue weighted by atomic mass is 32.2. The Labute approximate surface area is 89.6 Å². The number of rotatable bonds is 2. The standard InChI is InChI=1S/C10H9N3OS/c11-9-6-7-10(13-12-9)15(14)8-4-2-1-3-5-8/h1-7H,(H2,11,12). The predicted octanol–water partition coefficient (Wildman–Crippen LogP) is 1.23. The van der Waals surface area contributed by atoms with E-state index in [1.54, 1.807) is 24.3 Å². The van der Waals surface area contributed by atoms with Crippen molar-refractivity contribution in [3.05, 3.63) is 42.5 Å². The van der Waals surface area contributed by atoms with Crippen molar-refractivity contribution in [1.82, 2.24) is 10.2 Å². The van der Waals surface area contributed by atoms with Crippen LogP contribution in [-0.2, 0) is 10.8 Å². The summed E-state index contributed by atoms with van der Waals surface area (Å²) >= 11 is 0. The number of anilines is 1. The summed E-state index contributed by atoms with van der Waals surface area (Å²) in [5.41, 5.74) is 5.39. The van der Waals surface area contributed by atoms with Crippen molar-refractivity contribution in [1.29, 1.82) is 0 Å². The van der Waals surface area contributed by atoms with Crippen molar-refractivity contribution in [2.45, 2.75) is 9.92 Å². The van der Waals surface area contributed by atoms with Crippen LogP contribution >= 0.6 is 0 Å². The van der Waals surface area contributed by atoms with E-state index in [1.807, 2.05) is 18.2 Å². The molecule has 0 saturated heterocycles. The van der Waals surface area contributed by atoms with Crippen LogP contribution in [0, 0.1) is 0 Å². The second-order valence-corrected chi connectivity index (χ2v) is 4.31. The van der Waals surface area contributed by atoms with E-state index < -0.39 is 10.8 Å². The molecule has 0 fully saturated rings. The number of benzene rings is 1. The first-order valence-corrected chi connectivity index (χ1v) is 5.48. The number of hydrogen-bond acceptors (Lipinski definition) is 4. The first-order chi connectivity index (χ1) is 7.27. The van der Waals surface area contributed by atoms with Gasteiger partial charge in [-0.25, -0.2) is 4.21 Å². The summed E-state index contributed by atoms with van der Waals surface area (Å²) in [4.78, 5) is 0.705. The third kappa shape index (κ3) is 2.19. The molecule has 2 aromatic rings. The Bertz CT molecular complexity index is 470. The van der Waals surface area contributed by atoms with E-state index in [0.717, 1.165) is 0 Å². The molecule has 1 unspecified atom stereocenters. The van der Waals surface area contributed by atoms with Gasteiger partial charge in [-0.3, -0.25) is 0 Å². The second-order valence-electron chi connectivity index (χ2n) is 2.88.